The number of hydrogen-bond donors (Lipinski definition) is 4. The van der Waals surface area contributed by atoms with Crippen molar-refractivity contribution in [3.05, 3.63) is 10.4 Å². The molecule has 0 bridgehead atoms. The quantitative estimate of drug-likeness (QED) is 0.193. The molecule has 0 heterocycles. The average molecular weight is 168 g/mol. The van der Waals surface area contributed by atoms with Crippen molar-refractivity contribution in [2.24, 2.45) is 11.7 Å². The molecule has 0 aromatic heterocycles. The van der Waals surface area contributed by atoms with Gasteiger partial charge in [-0.15, -0.1) is 11.7 Å². The monoisotopic (exact) mass is 168 g/mol. The molecule has 8 heteroatoms. The van der Waals surface area contributed by atoms with Crippen molar-refractivity contribution in [2.75, 3.05) is 13.6 Å². The van der Waals surface area contributed by atoms with Gasteiger partial charge < -0.3 is 10.4 Å². The van der Waals surface area contributed by atoms with Gasteiger partial charge >= 0.3 is 0 Å². The van der Waals surface area contributed by atoms with Crippen LogP contribution in [0, 0.1) is 10.4 Å². The first-order valence-corrected chi connectivity index (χ1v) is 3.08. The fourth-order valence-electron chi connectivity index (χ4n) is 0.283. The molecular formula is C3H14N5O3+. The lowest BCUT2D eigenvalue weighted by Crippen LogP contribution is -3.54. The summed E-state index contributed by atoms with van der Waals surface area (Å²) in [6.07, 6.45) is 0. The molecule has 0 amide bonds. The van der Waals surface area contributed by atoms with Crippen LogP contribution in [0.3, 0.4) is 0 Å². The largest absolute Gasteiger partial charge is 0.581 e. The van der Waals surface area contributed by atoms with Crippen molar-refractivity contribution in [3.63, 3.8) is 0 Å². The summed E-state index contributed by atoms with van der Waals surface area (Å²) in [4.78, 5) is 3.43. The van der Waals surface area contributed by atoms with Gasteiger partial charge in [0.1, 0.15) is 7.05 Å². The van der Waals surface area contributed by atoms with Crippen LogP contribution in [0.15, 0.2) is 0 Å². The molecule has 0 spiro atoms. The Morgan fingerprint density at radius 1 is 1.45 bits per heavy atom. The van der Waals surface area contributed by atoms with Crippen LogP contribution < -0.4 is 22.2 Å². The van der Waals surface area contributed by atoms with Crippen molar-refractivity contribution in [2.45, 2.75) is 6.92 Å². The van der Waals surface area contributed by atoms with Gasteiger partial charge in [0, 0.05) is 4.86 Å². The summed E-state index contributed by atoms with van der Waals surface area (Å²) >= 11 is 0. The van der Waals surface area contributed by atoms with Crippen molar-refractivity contribution < 1.29 is 20.3 Å². The molecular weight excluding hydrogens is 154 g/mol. The van der Waals surface area contributed by atoms with Gasteiger partial charge in [-0.05, 0) is 12.3 Å². The van der Waals surface area contributed by atoms with Crippen LogP contribution in [0.2, 0.25) is 0 Å². The number of nitrogens with two attached hydrogens (primary N) is 2. The van der Waals surface area contributed by atoms with E-state index in [-0.39, 0.29) is 6.54 Å². The second-order valence-electron chi connectivity index (χ2n) is 2.11. The Labute approximate surface area is 64.1 Å². The van der Waals surface area contributed by atoms with E-state index in [0.29, 0.717) is 0 Å². The predicted molar refractivity (Wildman–Crippen MR) is 34.8 cm³/mol. The second-order valence-corrected chi connectivity index (χ2v) is 2.11. The molecule has 0 radical (unpaired) electrons. The molecule has 2 atom stereocenters. The maximum Gasteiger partial charge on any atom is 0.151 e. The van der Waals surface area contributed by atoms with E-state index in [0.717, 1.165) is 7.05 Å². The topological polar surface area (TPSA) is 116 Å². The maximum atomic E-state index is 10.6. The Bertz CT molecular complexity index is 118. The Kier molecular flexibility index (Phi) is 3.78. The van der Waals surface area contributed by atoms with Crippen molar-refractivity contribution in [3.8, 4) is 0 Å². The minimum atomic E-state index is -1.03. The highest BCUT2D eigenvalue weighted by Crippen LogP contribution is 1.78. The highest BCUT2D eigenvalue weighted by atomic mass is 17.1. The van der Waals surface area contributed by atoms with Crippen LogP contribution >= 0.6 is 0 Å². The normalized spacial score (nSPS) is 18.0. The Morgan fingerprint density at radius 3 is 2.18 bits per heavy atom. The molecule has 0 rings (SSSR count). The van der Waals surface area contributed by atoms with Gasteiger partial charge in [0.2, 0.25) is 0 Å². The van der Waals surface area contributed by atoms with Crippen molar-refractivity contribution in [1.82, 2.24) is 0 Å². The summed E-state index contributed by atoms with van der Waals surface area (Å²) in [5.41, 5.74) is 0. The second kappa shape index (κ2) is 3.90. The van der Waals surface area contributed by atoms with Gasteiger partial charge in [0.25, 0.3) is 0 Å². The molecule has 68 valence electrons. The number of rotatable bonds is 4. The Balaban J connectivity index is 3.83. The van der Waals surface area contributed by atoms with Crippen LogP contribution in [0.1, 0.15) is 6.92 Å². The molecule has 0 aliphatic carbocycles. The number of hydroxylamine groups is 2. The van der Waals surface area contributed by atoms with E-state index < -0.39 is 15.4 Å². The van der Waals surface area contributed by atoms with E-state index in [9.17, 15) is 10.4 Å². The van der Waals surface area contributed by atoms with E-state index in [1.165, 1.54) is 0 Å². The zero-order valence-corrected chi connectivity index (χ0v) is 6.53. The third-order valence-electron chi connectivity index (χ3n) is 1.03. The molecule has 0 saturated heterocycles. The summed E-state index contributed by atoms with van der Waals surface area (Å²) < 4.78 is 0. The van der Waals surface area contributed by atoms with Crippen LogP contribution in [0.5, 0.6) is 0 Å². The first kappa shape index (κ1) is 10.7. The molecule has 0 aromatic rings. The zero-order chi connectivity index (χ0) is 9.07. The first-order chi connectivity index (χ1) is 4.89. The van der Waals surface area contributed by atoms with Crippen LogP contribution in [0.4, 0.5) is 0 Å². The molecule has 0 saturated carbocycles. The van der Waals surface area contributed by atoms with Crippen LogP contribution in [-0.2, 0) is 4.94 Å². The van der Waals surface area contributed by atoms with Gasteiger partial charge in [-0.2, -0.15) is 5.17 Å². The summed E-state index contributed by atoms with van der Waals surface area (Å²) in [5.74, 6) is 10.3. The first-order valence-electron chi connectivity index (χ1n) is 3.08. The van der Waals surface area contributed by atoms with Crippen LogP contribution in [-0.4, -0.2) is 18.5 Å². The molecule has 2 unspecified atom stereocenters. The van der Waals surface area contributed by atoms with Crippen molar-refractivity contribution >= 4 is 0 Å². The van der Waals surface area contributed by atoms with Gasteiger partial charge in [0.15, 0.2) is 6.54 Å². The highest BCUT2D eigenvalue weighted by molar-refractivity contribution is 3.95. The van der Waals surface area contributed by atoms with Crippen LogP contribution in [0.25, 0.3) is 0 Å². The lowest BCUT2D eigenvalue weighted by atomic mass is 10.8. The van der Waals surface area contributed by atoms with Gasteiger partial charge in [-0.25, -0.2) is 0 Å². The summed E-state index contributed by atoms with van der Waals surface area (Å²) in [6.45, 7) is 1.81. The number of nitrogens with one attached hydrogen (secondary N) is 2. The van der Waals surface area contributed by atoms with E-state index in [1.54, 1.807) is 6.92 Å². The van der Waals surface area contributed by atoms with E-state index in [4.69, 9.17) is 11.7 Å². The summed E-state index contributed by atoms with van der Waals surface area (Å²) in [5, 5.41) is 19.2. The summed E-state index contributed by atoms with van der Waals surface area (Å²) in [6, 6.07) is 0. The molecule has 6 N–H and O–H groups in total. The lowest BCUT2D eigenvalue weighted by Gasteiger charge is -2.29. The third-order valence-corrected chi connectivity index (χ3v) is 1.03. The fraction of sp³-hybridized carbons (Fsp3) is 1.00. The zero-order valence-electron chi connectivity index (χ0n) is 6.53. The van der Waals surface area contributed by atoms with Gasteiger partial charge in [0.05, 0.1) is 4.94 Å². The predicted octanol–water partition coefficient (Wildman–Crippen LogP) is -4.27. The molecule has 11 heavy (non-hydrogen) atoms. The Hall–Kier alpha value is -0.320. The highest BCUT2D eigenvalue weighted by Gasteiger charge is 2.23. The number of quaternary nitrogens is 3. The molecule has 0 aliphatic rings. The van der Waals surface area contributed by atoms with Crippen molar-refractivity contribution in [1.29, 1.82) is 0 Å². The van der Waals surface area contributed by atoms with Gasteiger partial charge in [-0.3, -0.25) is 0 Å². The Morgan fingerprint density at radius 2 is 1.91 bits per heavy atom. The summed E-state index contributed by atoms with van der Waals surface area (Å²) in [7, 11) is 1.08. The maximum absolute atomic E-state index is 10.6. The molecule has 8 nitrogen and oxygen atoms in total. The minimum absolute atomic E-state index is 0.193. The third kappa shape index (κ3) is 4.19. The molecule has 0 fully saturated rings. The number of hydrogen-bond acceptors (Lipinski definition) is 5. The van der Waals surface area contributed by atoms with E-state index in [1.807, 2.05) is 0 Å². The molecule has 0 aromatic carbocycles. The average Bonchev–Trinajstić information content (AvgIpc) is 1.87. The minimum Gasteiger partial charge on any atom is -0.581 e. The number of nitrogens with zero attached hydrogens (tertiary/aromatic N) is 1. The lowest BCUT2D eigenvalue weighted by molar-refractivity contribution is -1.61. The fourth-order valence-corrected chi connectivity index (χ4v) is 0.283. The van der Waals surface area contributed by atoms with E-state index >= 15 is 0 Å². The van der Waals surface area contributed by atoms with Gasteiger partial charge in [-0.1, -0.05) is 0 Å². The van der Waals surface area contributed by atoms with E-state index in [2.05, 4.69) is 4.94 Å². The molecule has 0 aliphatic heterocycles. The standard InChI is InChI=1S/C3H14N5O3/c1-3-8(4,5)11-7(10)6(2)9/h6-7H,3-5H2,1-2H3/q+1. The SMILES string of the molecule is CC[N+](N)(N)O[NH+]([O-])[NH+](C)[O-]. The smallest absolute Gasteiger partial charge is 0.151 e.